The second kappa shape index (κ2) is 8.57. The van der Waals surface area contributed by atoms with Gasteiger partial charge in [0.05, 0.1) is 19.4 Å². The lowest BCUT2D eigenvalue weighted by molar-refractivity contribution is -0.143. The number of piperazine rings is 1. The Labute approximate surface area is 168 Å². The molecular formula is C21H24N2O6. The highest BCUT2D eigenvalue weighted by molar-refractivity contribution is 5.90. The number of fused-ring (bicyclic) bond motifs is 1. The fourth-order valence-corrected chi connectivity index (χ4v) is 3.53. The molecule has 1 saturated heterocycles. The number of carbonyl (C=O) groups excluding carboxylic acids is 2. The Morgan fingerprint density at radius 2 is 1.86 bits per heavy atom. The number of carbonyl (C=O) groups is 2. The van der Waals surface area contributed by atoms with Crippen LogP contribution in [0.2, 0.25) is 0 Å². The molecule has 0 bridgehead atoms. The Bertz CT molecular complexity index is 872. The summed E-state index contributed by atoms with van der Waals surface area (Å²) in [6.07, 6.45) is 0.872. The summed E-state index contributed by atoms with van der Waals surface area (Å²) in [7, 11) is 0. The highest BCUT2D eigenvalue weighted by Gasteiger charge is 2.33. The molecule has 4 rings (SSSR count). The lowest BCUT2D eigenvalue weighted by atomic mass is 10.2. The van der Waals surface area contributed by atoms with E-state index in [0.29, 0.717) is 62.2 Å². The van der Waals surface area contributed by atoms with E-state index < -0.39 is 6.10 Å². The maximum Gasteiger partial charge on any atom is 0.341 e. The Balaban J connectivity index is 1.31. The number of esters is 1. The van der Waals surface area contributed by atoms with Gasteiger partial charge in [0.25, 0.3) is 5.91 Å². The van der Waals surface area contributed by atoms with Gasteiger partial charge in [-0.25, -0.2) is 4.79 Å². The van der Waals surface area contributed by atoms with Gasteiger partial charge in [-0.1, -0.05) is 12.1 Å². The first-order valence-electron chi connectivity index (χ1n) is 9.79. The van der Waals surface area contributed by atoms with E-state index >= 15 is 0 Å². The average Bonchev–Trinajstić information content (AvgIpc) is 3.22. The van der Waals surface area contributed by atoms with Crippen molar-refractivity contribution in [1.29, 1.82) is 0 Å². The van der Waals surface area contributed by atoms with Crippen LogP contribution < -0.4 is 9.47 Å². The van der Waals surface area contributed by atoms with E-state index in [1.54, 1.807) is 24.0 Å². The van der Waals surface area contributed by atoms with E-state index in [4.69, 9.17) is 18.6 Å². The van der Waals surface area contributed by atoms with E-state index in [1.165, 1.54) is 6.26 Å². The zero-order valence-corrected chi connectivity index (χ0v) is 16.3. The minimum Gasteiger partial charge on any atom is -0.485 e. The fraction of sp³-hybridized carbons (Fsp3) is 0.429. The Morgan fingerprint density at radius 1 is 1.10 bits per heavy atom. The van der Waals surface area contributed by atoms with Crippen LogP contribution in [0.25, 0.3) is 0 Å². The monoisotopic (exact) mass is 400 g/mol. The van der Waals surface area contributed by atoms with Crippen LogP contribution in [0.15, 0.2) is 41.0 Å². The molecule has 0 saturated carbocycles. The fourth-order valence-electron chi connectivity index (χ4n) is 3.53. The molecule has 8 nitrogen and oxygen atoms in total. The van der Waals surface area contributed by atoms with Crippen LogP contribution in [0.4, 0.5) is 0 Å². The smallest absolute Gasteiger partial charge is 0.341 e. The van der Waals surface area contributed by atoms with Crippen molar-refractivity contribution < 1.29 is 28.2 Å². The maximum absolute atomic E-state index is 12.8. The van der Waals surface area contributed by atoms with E-state index in [2.05, 4.69) is 4.90 Å². The highest BCUT2D eigenvalue weighted by atomic mass is 16.6. The van der Waals surface area contributed by atoms with Crippen molar-refractivity contribution in [3.05, 3.63) is 47.9 Å². The van der Waals surface area contributed by atoms with E-state index in [9.17, 15) is 9.59 Å². The van der Waals surface area contributed by atoms with Gasteiger partial charge in [0.15, 0.2) is 11.5 Å². The van der Waals surface area contributed by atoms with Crippen LogP contribution in [0, 0.1) is 0 Å². The third kappa shape index (κ3) is 4.22. The quantitative estimate of drug-likeness (QED) is 0.710. The Morgan fingerprint density at radius 3 is 2.62 bits per heavy atom. The molecule has 0 radical (unpaired) electrons. The molecule has 2 aliphatic heterocycles. The summed E-state index contributed by atoms with van der Waals surface area (Å²) < 4.78 is 22.0. The van der Waals surface area contributed by atoms with Gasteiger partial charge in [0, 0.05) is 26.2 Å². The van der Waals surface area contributed by atoms with Gasteiger partial charge in [0.2, 0.25) is 6.10 Å². The number of amides is 1. The molecule has 0 N–H and O–H groups in total. The second-order valence-electron chi connectivity index (χ2n) is 6.94. The number of rotatable bonds is 5. The lowest BCUT2D eigenvalue weighted by Gasteiger charge is -2.36. The Kier molecular flexibility index (Phi) is 5.71. The molecule has 1 aromatic carbocycles. The van der Waals surface area contributed by atoms with Gasteiger partial charge in [-0.3, -0.25) is 9.69 Å². The minimum atomic E-state index is -0.628. The third-order valence-corrected chi connectivity index (χ3v) is 5.08. The number of furan rings is 1. The minimum absolute atomic E-state index is 0.0654. The van der Waals surface area contributed by atoms with Gasteiger partial charge < -0.3 is 23.5 Å². The topological polar surface area (TPSA) is 81.5 Å². The molecule has 3 heterocycles. The van der Waals surface area contributed by atoms with Crippen LogP contribution in [0.3, 0.4) is 0 Å². The summed E-state index contributed by atoms with van der Waals surface area (Å²) in [6.45, 7) is 5.32. The number of hydrogen-bond acceptors (Lipinski definition) is 7. The summed E-state index contributed by atoms with van der Waals surface area (Å²) in [5.74, 6) is 1.41. The van der Waals surface area contributed by atoms with Crippen molar-refractivity contribution in [3.63, 3.8) is 0 Å². The normalized spacial score (nSPS) is 19.1. The molecular weight excluding hydrogens is 376 g/mol. The van der Waals surface area contributed by atoms with Crippen molar-refractivity contribution in [2.45, 2.75) is 19.6 Å². The zero-order chi connectivity index (χ0) is 20.2. The first-order valence-corrected chi connectivity index (χ1v) is 9.79. The van der Waals surface area contributed by atoms with Crippen molar-refractivity contribution >= 4 is 11.9 Å². The third-order valence-electron chi connectivity index (χ3n) is 5.08. The molecule has 1 amide bonds. The lowest BCUT2D eigenvalue weighted by Crippen LogP contribution is -2.53. The molecule has 29 heavy (non-hydrogen) atoms. The van der Waals surface area contributed by atoms with E-state index in [-0.39, 0.29) is 18.5 Å². The maximum atomic E-state index is 12.8. The molecule has 0 spiro atoms. The van der Waals surface area contributed by atoms with Crippen molar-refractivity contribution in [2.75, 3.05) is 39.4 Å². The molecule has 1 atom stereocenters. The van der Waals surface area contributed by atoms with Gasteiger partial charge >= 0.3 is 5.97 Å². The first-order chi connectivity index (χ1) is 14.2. The number of hydrogen-bond donors (Lipinski definition) is 0. The SMILES string of the molecule is CCOC(=O)c1ccoc1CN1CCN(C(=O)[C@@H]2COc3ccccc3O2)CC1. The van der Waals surface area contributed by atoms with Crippen molar-refractivity contribution in [2.24, 2.45) is 0 Å². The zero-order valence-electron chi connectivity index (χ0n) is 16.3. The number of para-hydroxylation sites is 2. The standard InChI is InChI=1S/C21H24N2O6/c1-2-26-21(25)15-7-12-27-18(15)13-22-8-10-23(11-9-22)20(24)19-14-28-16-5-3-4-6-17(16)29-19/h3-7,12,19H,2,8-11,13-14H2,1H3/t19-/m0/s1. The Hall–Kier alpha value is -3.00. The molecule has 1 fully saturated rings. The summed E-state index contributed by atoms with van der Waals surface area (Å²) >= 11 is 0. The average molecular weight is 400 g/mol. The predicted molar refractivity (Wildman–Crippen MR) is 103 cm³/mol. The van der Waals surface area contributed by atoms with E-state index in [0.717, 1.165) is 0 Å². The molecule has 1 aromatic heterocycles. The van der Waals surface area contributed by atoms with Crippen molar-refractivity contribution in [3.8, 4) is 11.5 Å². The predicted octanol–water partition coefficient (Wildman–Crippen LogP) is 1.94. The van der Waals surface area contributed by atoms with Crippen LogP contribution in [0.1, 0.15) is 23.0 Å². The number of ether oxygens (including phenoxy) is 3. The summed E-state index contributed by atoms with van der Waals surface area (Å²) in [6, 6.07) is 8.99. The summed E-state index contributed by atoms with van der Waals surface area (Å²) in [4.78, 5) is 28.8. The van der Waals surface area contributed by atoms with Gasteiger partial charge in [0.1, 0.15) is 17.9 Å². The largest absolute Gasteiger partial charge is 0.485 e. The van der Waals surface area contributed by atoms with Gasteiger partial charge in [-0.2, -0.15) is 0 Å². The molecule has 2 aliphatic rings. The molecule has 0 aliphatic carbocycles. The molecule has 8 heteroatoms. The van der Waals surface area contributed by atoms with Crippen LogP contribution in [0.5, 0.6) is 11.5 Å². The van der Waals surface area contributed by atoms with Crippen LogP contribution >= 0.6 is 0 Å². The van der Waals surface area contributed by atoms with Gasteiger partial charge in [-0.15, -0.1) is 0 Å². The van der Waals surface area contributed by atoms with Gasteiger partial charge in [-0.05, 0) is 25.1 Å². The van der Waals surface area contributed by atoms with Crippen LogP contribution in [-0.4, -0.2) is 67.2 Å². The first kappa shape index (κ1) is 19.3. The summed E-state index contributed by atoms with van der Waals surface area (Å²) in [5, 5.41) is 0. The number of nitrogens with zero attached hydrogens (tertiary/aromatic N) is 2. The summed E-state index contributed by atoms with van der Waals surface area (Å²) in [5.41, 5.74) is 0.455. The number of benzene rings is 1. The molecule has 154 valence electrons. The van der Waals surface area contributed by atoms with E-state index in [1.807, 2.05) is 18.2 Å². The second-order valence-corrected chi connectivity index (χ2v) is 6.94. The van der Waals surface area contributed by atoms with Crippen LogP contribution in [-0.2, 0) is 16.1 Å². The molecule has 0 unspecified atom stereocenters. The highest BCUT2D eigenvalue weighted by Crippen LogP contribution is 2.31. The van der Waals surface area contributed by atoms with Crippen molar-refractivity contribution in [1.82, 2.24) is 9.80 Å². The molecule has 2 aromatic rings.